The zero-order valence-corrected chi connectivity index (χ0v) is 40.6. The molecule has 0 spiro atoms. The molecule has 0 bridgehead atoms. The van der Waals surface area contributed by atoms with Gasteiger partial charge in [-0.2, -0.15) is 0 Å². The lowest BCUT2D eigenvalue weighted by molar-refractivity contribution is 0.332. The predicted molar refractivity (Wildman–Crippen MR) is 275 cm³/mol. The normalized spacial score (nSPS) is 18.1. The van der Waals surface area contributed by atoms with E-state index in [2.05, 4.69) is 201 Å². The molecule has 0 fully saturated rings. The number of rotatable bonds is 7. The minimum Gasteiger partial charge on any atom is -0.310 e. The first-order valence-corrected chi connectivity index (χ1v) is 24.0. The Morgan fingerprint density at radius 2 is 1.06 bits per heavy atom. The predicted octanol–water partition coefficient (Wildman–Crippen LogP) is 18.1. The summed E-state index contributed by atoms with van der Waals surface area (Å²) in [6.45, 7) is 26.1. The van der Waals surface area contributed by atoms with E-state index in [9.17, 15) is 0 Å². The monoisotopic (exact) mass is 852 g/mol. The van der Waals surface area contributed by atoms with Gasteiger partial charge in [0.2, 0.25) is 0 Å². The van der Waals surface area contributed by atoms with Crippen molar-refractivity contribution in [3.05, 3.63) is 166 Å². The molecule has 0 atom stereocenters. The van der Waals surface area contributed by atoms with E-state index in [1.807, 2.05) is 12.1 Å². The number of hydrogen-bond acceptors (Lipinski definition) is 3. The molecular formula is C60H68N2S. The lowest BCUT2D eigenvalue weighted by Gasteiger charge is -2.44. The smallest absolute Gasteiger partial charge is 0.0647 e. The number of thiophene rings is 1. The Bertz CT molecular complexity index is 2960. The van der Waals surface area contributed by atoms with Crippen molar-refractivity contribution in [3.8, 4) is 11.1 Å². The molecule has 2 nitrogen and oxygen atoms in total. The summed E-state index contributed by atoms with van der Waals surface area (Å²) >= 11 is 1.66. The van der Waals surface area contributed by atoms with Crippen molar-refractivity contribution >= 4 is 55.5 Å². The van der Waals surface area contributed by atoms with Crippen LogP contribution in [0.5, 0.6) is 0 Å². The van der Waals surface area contributed by atoms with Crippen LogP contribution in [0.15, 0.2) is 127 Å². The summed E-state index contributed by atoms with van der Waals surface area (Å²) in [6, 6.07) is 44.9. The number of anilines is 6. The SMILES string of the molecule is [2H]C([2H])([2H])c1ccc2scc(N(c3ccc(C(C)(C)C)cc3)c3cc(C)cc(N(c4ccc5c(c4)C(C)(C)CCC5(C)C)c4cc5c(cc4-c4ccccc4)C(C)(C)CCC5(C)C)c3)c2c1. The summed E-state index contributed by atoms with van der Waals surface area (Å²) < 4.78 is 26.1. The third-order valence-electron chi connectivity index (χ3n) is 14.7. The Morgan fingerprint density at radius 1 is 0.508 bits per heavy atom. The molecule has 3 heteroatoms. The van der Waals surface area contributed by atoms with Gasteiger partial charge in [-0.05, 0) is 172 Å². The molecular weight excluding hydrogens is 781 g/mol. The van der Waals surface area contributed by atoms with E-state index in [1.165, 1.54) is 44.6 Å². The van der Waals surface area contributed by atoms with Crippen LogP contribution >= 0.6 is 11.3 Å². The van der Waals surface area contributed by atoms with Crippen molar-refractivity contribution < 1.29 is 4.11 Å². The summed E-state index contributed by atoms with van der Waals surface area (Å²) in [6.07, 6.45) is 4.54. The highest BCUT2D eigenvalue weighted by molar-refractivity contribution is 7.17. The molecule has 324 valence electrons. The average molecular weight is 852 g/mol. The fourth-order valence-corrected chi connectivity index (χ4v) is 11.4. The number of fused-ring (bicyclic) bond motifs is 3. The van der Waals surface area contributed by atoms with E-state index in [0.717, 1.165) is 69.8 Å². The van der Waals surface area contributed by atoms with Gasteiger partial charge in [-0.25, -0.2) is 0 Å². The Kier molecular flexibility index (Phi) is 9.56. The Morgan fingerprint density at radius 3 is 1.67 bits per heavy atom. The maximum Gasteiger partial charge on any atom is 0.0647 e. The molecule has 0 amide bonds. The van der Waals surface area contributed by atoms with Crippen LogP contribution in [0.3, 0.4) is 0 Å². The van der Waals surface area contributed by atoms with Gasteiger partial charge in [0, 0.05) is 47.9 Å². The first kappa shape index (κ1) is 39.5. The molecule has 0 aliphatic heterocycles. The van der Waals surface area contributed by atoms with Gasteiger partial charge >= 0.3 is 0 Å². The first-order chi connectivity index (χ1) is 30.8. The summed E-state index contributed by atoms with van der Waals surface area (Å²) in [4.78, 5) is 4.90. The second-order valence-electron chi connectivity index (χ2n) is 22.4. The van der Waals surface area contributed by atoms with Crippen LogP contribution in [0, 0.1) is 13.8 Å². The Balaban J connectivity index is 1.35. The van der Waals surface area contributed by atoms with Gasteiger partial charge in [-0.15, -0.1) is 11.3 Å². The molecule has 7 aromatic rings. The van der Waals surface area contributed by atoms with E-state index in [4.69, 9.17) is 4.11 Å². The van der Waals surface area contributed by atoms with Crippen LogP contribution < -0.4 is 9.80 Å². The fraction of sp³-hybridized carbons (Fsp3) is 0.367. The van der Waals surface area contributed by atoms with Gasteiger partial charge in [0.1, 0.15) is 0 Å². The van der Waals surface area contributed by atoms with E-state index in [-0.39, 0.29) is 27.1 Å². The molecule has 2 aliphatic rings. The molecule has 2 aliphatic carbocycles. The van der Waals surface area contributed by atoms with Crippen molar-refractivity contribution in [2.24, 2.45) is 0 Å². The zero-order valence-electron chi connectivity index (χ0n) is 42.8. The largest absolute Gasteiger partial charge is 0.310 e. The highest BCUT2D eigenvalue weighted by Crippen LogP contribution is 2.54. The highest BCUT2D eigenvalue weighted by Gasteiger charge is 2.40. The van der Waals surface area contributed by atoms with Crippen LogP contribution in [-0.4, -0.2) is 0 Å². The number of nitrogens with zero attached hydrogens (tertiary/aromatic N) is 2. The molecule has 0 saturated heterocycles. The van der Waals surface area contributed by atoms with Crippen molar-refractivity contribution in [1.29, 1.82) is 0 Å². The Labute approximate surface area is 387 Å². The second kappa shape index (κ2) is 15.3. The topological polar surface area (TPSA) is 6.48 Å². The number of hydrogen-bond donors (Lipinski definition) is 0. The first-order valence-electron chi connectivity index (χ1n) is 24.6. The minimum absolute atomic E-state index is 0.0102. The standard InChI is InChI=1S/C60H68N2S/c1-39-19-26-55-48(33-39)54(38-63-55)61(43-22-20-42(21-23-43)56(3,4)5)45-31-40(2)32-46(34-45)62(44-24-25-49-50(35-44)58(8,9)28-27-57(49,6)7)53-37-52-51(59(10,11)29-30-60(52,12)13)36-47(53)41-17-15-14-16-18-41/h14-26,31-38H,27-30H2,1-13H3/i1D3. The molecule has 1 aromatic heterocycles. The number of benzene rings is 6. The summed E-state index contributed by atoms with van der Waals surface area (Å²) in [5, 5.41) is 3.12. The van der Waals surface area contributed by atoms with Crippen LogP contribution in [0.25, 0.3) is 21.2 Å². The van der Waals surface area contributed by atoms with E-state index < -0.39 is 6.85 Å². The third-order valence-corrected chi connectivity index (χ3v) is 15.7. The third kappa shape index (κ3) is 7.83. The van der Waals surface area contributed by atoms with Gasteiger partial charge in [0.05, 0.1) is 11.4 Å². The zero-order chi connectivity index (χ0) is 47.4. The Hall–Kier alpha value is -5.12. The van der Waals surface area contributed by atoms with Gasteiger partial charge < -0.3 is 9.80 Å². The molecule has 9 rings (SSSR count). The molecule has 0 unspecified atom stereocenters. The number of aryl methyl sites for hydroxylation is 2. The summed E-state index contributed by atoms with van der Waals surface area (Å²) in [5.41, 5.74) is 17.3. The highest BCUT2D eigenvalue weighted by atomic mass is 32.1. The molecule has 6 aromatic carbocycles. The van der Waals surface area contributed by atoms with Crippen LogP contribution in [0.4, 0.5) is 34.1 Å². The molecule has 0 saturated carbocycles. The molecule has 0 N–H and O–H groups in total. The summed E-state index contributed by atoms with van der Waals surface area (Å²) in [7, 11) is 0. The molecule has 63 heavy (non-hydrogen) atoms. The van der Waals surface area contributed by atoms with Crippen LogP contribution in [0.2, 0.25) is 0 Å². The quantitative estimate of drug-likeness (QED) is 0.158. The fourth-order valence-electron chi connectivity index (χ4n) is 10.5. The lowest BCUT2D eigenvalue weighted by atomic mass is 9.62. The van der Waals surface area contributed by atoms with E-state index in [1.54, 1.807) is 17.4 Å². The average Bonchev–Trinajstić information content (AvgIpc) is 3.67. The van der Waals surface area contributed by atoms with Crippen molar-refractivity contribution in [3.63, 3.8) is 0 Å². The van der Waals surface area contributed by atoms with Crippen LogP contribution in [0.1, 0.15) is 145 Å². The van der Waals surface area contributed by atoms with E-state index in [0.29, 0.717) is 5.56 Å². The molecule has 0 radical (unpaired) electrons. The van der Waals surface area contributed by atoms with E-state index >= 15 is 0 Å². The maximum atomic E-state index is 8.36. The maximum absolute atomic E-state index is 8.36. The minimum atomic E-state index is -2.22. The van der Waals surface area contributed by atoms with Crippen molar-refractivity contribution in [2.75, 3.05) is 9.80 Å². The van der Waals surface area contributed by atoms with Crippen molar-refractivity contribution in [2.45, 2.75) is 143 Å². The summed E-state index contributed by atoms with van der Waals surface area (Å²) in [5.74, 6) is 0. The van der Waals surface area contributed by atoms with Gasteiger partial charge in [0.15, 0.2) is 0 Å². The van der Waals surface area contributed by atoms with Crippen LogP contribution in [-0.2, 0) is 27.1 Å². The van der Waals surface area contributed by atoms with Gasteiger partial charge in [-0.3, -0.25) is 0 Å². The van der Waals surface area contributed by atoms with Gasteiger partial charge in [0.25, 0.3) is 0 Å². The van der Waals surface area contributed by atoms with Crippen molar-refractivity contribution in [1.82, 2.24) is 0 Å². The lowest BCUT2D eigenvalue weighted by Crippen LogP contribution is -2.34. The van der Waals surface area contributed by atoms with Gasteiger partial charge in [-0.1, -0.05) is 136 Å². The molecule has 1 heterocycles. The second-order valence-corrected chi connectivity index (χ2v) is 23.3.